The molecule has 0 saturated heterocycles. The monoisotopic (exact) mass is 453 g/mol. The van der Waals surface area contributed by atoms with Crippen LogP contribution in [0.5, 0.6) is 0 Å². The van der Waals surface area contributed by atoms with Crippen molar-refractivity contribution in [2.45, 2.75) is 23.5 Å². The van der Waals surface area contributed by atoms with Gasteiger partial charge in [-0.15, -0.1) is 0 Å². The summed E-state index contributed by atoms with van der Waals surface area (Å²) < 4.78 is 13.3. The number of nitrogens with two attached hydrogens (primary N) is 1. The molecule has 2 aromatic rings. The lowest BCUT2D eigenvalue weighted by atomic mass is 9.98. The number of carbonyl (C=O) groups is 1. The summed E-state index contributed by atoms with van der Waals surface area (Å²) in [5.41, 5.74) is 3.29. The molecular weight excluding hydrogens is 432 g/mol. The molecule has 0 saturated carbocycles. The Morgan fingerprint density at radius 3 is 2.23 bits per heavy atom. The number of halogens is 3. The van der Waals surface area contributed by atoms with E-state index in [4.69, 9.17) is 29.0 Å². The van der Waals surface area contributed by atoms with Crippen LogP contribution in [0.1, 0.15) is 17.2 Å². The van der Waals surface area contributed by atoms with Gasteiger partial charge in [-0.2, -0.15) is 10.2 Å². The van der Waals surface area contributed by atoms with Gasteiger partial charge in [0.25, 0.3) is 5.91 Å². The Bertz CT molecular complexity index is 863. The Balaban J connectivity index is 2.09. The van der Waals surface area contributed by atoms with Gasteiger partial charge in [0.15, 0.2) is 4.84 Å². The SMILES string of the molecule is C=NN(/C=N\N)Cc1ccc(-c2ccc([C@@H](O)[C@@H](CF)NC(=O)C(Cl)Cl)cc2)cc1. The summed E-state index contributed by atoms with van der Waals surface area (Å²) in [5.74, 6) is 4.36. The quantitative estimate of drug-likeness (QED) is 0.169. The maximum absolute atomic E-state index is 13.3. The van der Waals surface area contributed by atoms with Crippen molar-refractivity contribution < 1.29 is 14.3 Å². The number of aliphatic hydroxyl groups excluding tert-OH is 1. The Hall–Kier alpha value is -2.68. The van der Waals surface area contributed by atoms with Gasteiger partial charge in [0.05, 0.1) is 12.6 Å². The minimum absolute atomic E-state index is 0.452. The molecule has 0 unspecified atom stereocenters. The van der Waals surface area contributed by atoms with Crippen molar-refractivity contribution in [3.63, 3.8) is 0 Å². The first-order chi connectivity index (χ1) is 14.4. The van der Waals surface area contributed by atoms with Crippen LogP contribution >= 0.6 is 23.2 Å². The minimum atomic E-state index is -1.34. The fraction of sp³-hybridized carbons (Fsp3) is 0.250. The number of nitrogens with one attached hydrogen (secondary N) is 1. The molecule has 0 aliphatic heterocycles. The number of amides is 1. The van der Waals surface area contributed by atoms with Crippen molar-refractivity contribution in [1.82, 2.24) is 10.3 Å². The zero-order chi connectivity index (χ0) is 22.1. The second kappa shape index (κ2) is 11.5. The lowest BCUT2D eigenvalue weighted by Gasteiger charge is -2.22. The molecule has 10 heteroatoms. The Morgan fingerprint density at radius 1 is 1.20 bits per heavy atom. The van der Waals surface area contributed by atoms with Crippen LogP contribution in [-0.4, -0.2) is 46.6 Å². The van der Waals surface area contributed by atoms with Crippen LogP contribution in [0.15, 0.2) is 58.7 Å². The standard InChI is InChI=1S/C20H22Cl2FN5O2/c1-25-28(12-26-24)11-13-2-4-14(5-3-13)15-6-8-16(9-7-15)18(29)17(10-23)27-20(30)19(21)22/h2-9,12,17-19,29H,1,10-11,24H2,(H,27,30)/b26-12-/t17-,18-/m1/s1. The molecule has 2 aromatic carbocycles. The van der Waals surface area contributed by atoms with Crippen LogP contribution in [0.25, 0.3) is 11.1 Å². The number of alkyl halides is 3. The highest BCUT2D eigenvalue weighted by Gasteiger charge is 2.25. The van der Waals surface area contributed by atoms with Crippen molar-refractivity contribution >= 4 is 42.2 Å². The third kappa shape index (κ3) is 6.41. The smallest absolute Gasteiger partial charge is 0.253 e. The van der Waals surface area contributed by atoms with Gasteiger partial charge in [0.2, 0.25) is 0 Å². The van der Waals surface area contributed by atoms with Crippen LogP contribution in [0.3, 0.4) is 0 Å². The molecule has 2 atom stereocenters. The summed E-state index contributed by atoms with van der Waals surface area (Å²) >= 11 is 10.9. The van der Waals surface area contributed by atoms with Gasteiger partial charge in [0, 0.05) is 6.72 Å². The molecule has 0 spiro atoms. The summed E-state index contributed by atoms with van der Waals surface area (Å²) in [7, 11) is 0. The predicted molar refractivity (Wildman–Crippen MR) is 118 cm³/mol. The average molecular weight is 454 g/mol. The fourth-order valence-electron chi connectivity index (χ4n) is 2.75. The van der Waals surface area contributed by atoms with Gasteiger partial charge in [0.1, 0.15) is 19.1 Å². The van der Waals surface area contributed by atoms with Crippen molar-refractivity contribution in [2.75, 3.05) is 6.67 Å². The van der Waals surface area contributed by atoms with Gasteiger partial charge in [-0.3, -0.25) is 4.79 Å². The molecule has 0 aliphatic carbocycles. The first kappa shape index (κ1) is 23.6. The van der Waals surface area contributed by atoms with Crippen molar-refractivity contribution in [3.05, 3.63) is 59.7 Å². The molecule has 0 radical (unpaired) electrons. The largest absolute Gasteiger partial charge is 0.386 e. The molecule has 7 nitrogen and oxygen atoms in total. The van der Waals surface area contributed by atoms with E-state index in [1.54, 1.807) is 24.3 Å². The maximum atomic E-state index is 13.3. The van der Waals surface area contributed by atoms with Gasteiger partial charge < -0.3 is 16.3 Å². The van der Waals surface area contributed by atoms with Crippen LogP contribution in [0, 0.1) is 0 Å². The van der Waals surface area contributed by atoms with Gasteiger partial charge in [-0.25, -0.2) is 9.40 Å². The summed E-state index contributed by atoms with van der Waals surface area (Å²) in [6.45, 7) is 2.95. The summed E-state index contributed by atoms with van der Waals surface area (Å²) in [4.78, 5) is 10.2. The molecule has 0 heterocycles. The lowest BCUT2D eigenvalue weighted by molar-refractivity contribution is -0.121. The first-order valence-electron chi connectivity index (χ1n) is 8.88. The maximum Gasteiger partial charge on any atom is 0.253 e. The van der Waals surface area contributed by atoms with Crippen molar-refractivity contribution in [1.29, 1.82) is 0 Å². The molecule has 0 aromatic heterocycles. The van der Waals surface area contributed by atoms with E-state index >= 15 is 0 Å². The van der Waals surface area contributed by atoms with E-state index in [-0.39, 0.29) is 0 Å². The second-order valence-electron chi connectivity index (χ2n) is 6.34. The van der Waals surface area contributed by atoms with Crippen LogP contribution in [0.4, 0.5) is 4.39 Å². The van der Waals surface area contributed by atoms with Crippen molar-refractivity contribution in [2.24, 2.45) is 16.0 Å². The minimum Gasteiger partial charge on any atom is -0.386 e. The fourth-order valence-corrected chi connectivity index (χ4v) is 2.87. The Morgan fingerprint density at radius 2 is 1.77 bits per heavy atom. The number of hydrazone groups is 2. The van der Waals surface area contributed by atoms with E-state index in [0.29, 0.717) is 12.1 Å². The zero-order valence-corrected chi connectivity index (χ0v) is 17.5. The number of hydrogen-bond acceptors (Lipinski definition) is 5. The van der Waals surface area contributed by atoms with Crippen LogP contribution in [0.2, 0.25) is 0 Å². The molecule has 2 rings (SSSR count). The topological polar surface area (TPSA) is 103 Å². The molecule has 1 amide bonds. The van der Waals surface area contributed by atoms with E-state index < -0.39 is 29.6 Å². The first-order valence-corrected chi connectivity index (χ1v) is 9.75. The van der Waals surface area contributed by atoms with Crippen molar-refractivity contribution in [3.8, 4) is 11.1 Å². The molecule has 0 aliphatic rings. The highest BCUT2D eigenvalue weighted by molar-refractivity contribution is 6.53. The third-order valence-corrected chi connectivity index (χ3v) is 4.74. The van der Waals surface area contributed by atoms with E-state index in [2.05, 4.69) is 22.2 Å². The highest BCUT2D eigenvalue weighted by Crippen LogP contribution is 2.24. The Labute approximate surface area is 184 Å². The highest BCUT2D eigenvalue weighted by atomic mass is 35.5. The second-order valence-corrected chi connectivity index (χ2v) is 7.43. The molecule has 30 heavy (non-hydrogen) atoms. The van der Waals surface area contributed by atoms with E-state index in [1.165, 1.54) is 11.3 Å². The number of nitrogens with zero attached hydrogens (tertiary/aromatic N) is 3. The molecule has 0 bridgehead atoms. The van der Waals surface area contributed by atoms with E-state index in [1.807, 2.05) is 24.3 Å². The van der Waals surface area contributed by atoms with Crippen LogP contribution < -0.4 is 11.2 Å². The zero-order valence-electron chi connectivity index (χ0n) is 16.0. The number of aliphatic hydroxyl groups is 1. The Kier molecular flexibility index (Phi) is 9.04. The molecular formula is C20H22Cl2FN5O2. The van der Waals surface area contributed by atoms with Gasteiger partial charge in [-0.1, -0.05) is 71.7 Å². The van der Waals surface area contributed by atoms with E-state index in [0.717, 1.165) is 16.7 Å². The number of hydrogen-bond donors (Lipinski definition) is 3. The van der Waals surface area contributed by atoms with E-state index in [9.17, 15) is 14.3 Å². The summed E-state index contributed by atoms with van der Waals surface area (Å²) in [6, 6.07) is 13.5. The predicted octanol–water partition coefficient (Wildman–Crippen LogP) is 2.96. The number of rotatable bonds is 10. The lowest BCUT2D eigenvalue weighted by Crippen LogP contribution is -2.43. The molecule has 0 fully saturated rings. The summed E-state index contributed by atoms with van der Waals surface area (Å²) in [6.07, 6.45) is 0.127. The van der Waals surface area contributed by atoms with Gasteiger partial charge in [-0.05, 0) is 22.3 Å². The average Bonchev–Trinajstić information content (AvgIpc) is 2.77. The normalized spacial score (nSPS) is 13.2. The van der Waals surface area contributed by atoms with Crippen LogP contribution in [-0.2, 0) is 11.3 Å². The third-order valence-electron chi connectivity index (χ3n) is 4.34. The molecule has 160 valence electrons. The molecule has 4 N–H and O–H groups in total. The number of benzene rings is 2. The number of carbonyl (C=O) groups excluding carboxylic acids is 1. The summed E-state index contributed by atoms with van der Waals surface area (Å²) in [5, 5.41) is 21.4. The van der Waals surface area contributed by atoms with Gasteiger partial charge >= 0.3 is 0 Å².